The molecule has 0 aliphatic heterocycles. The van der Waals surface area contributed by atoms with E-state index in [4.69, 9.17) is 9.47 Å². The number of carbonyl (C=O) groups is 1. The summed E-state index contributed by atoms with van der Waals surface area (Å²) in [4.78, 5) is 13.0. The number of ether oxygens (including phenoxy) is 2. The number of carbonyl (C=O) groups excluding carboxylic acids is 1. The molecule has 0 saturated heterocycles. The summed E-state index contributed by atoms with van der Waals surface area (Å²) in [6.45, 7) is 0.638. The number of methoxy groups -OCH3 is 2. The maximum atomic E-state index is 12.8. The molecule has 0 spiro atoms. The molecule has 2 aromatic rings. The number of halogens is 1. The van der Waals surface area contributed by atoms with Gasteiger partial charge in [-0.15, -0.1) is 11.8 Å². The molecule has 0 aliphatic rings. The minimum absolute atomic E-state index is 0.0339. The van der Waals surface area contributed by atoms with E-state index < -0.39 is 0 Å². The third-order valence-corrected chi connectivity index (χ3v) is 4.91. The third-order valence-electron chi connectivity index (χ3n) is 3.81. The van der Waals surface area contributed by atoms with Crippen LogP contribution in [0.3, 0.4) is 0 Å². The molecule has 140 valence electrons. The van der Waals surface area contributed by atoms with Crippen LogP contribution in [0.25, 0.3) is 0 Å². The molecule has 2 rings (SSSR count). The van der Waals surface area contributed by atoms with E-state index in [1.54, 1.807) is 38.1 Å². The second-order valence-electron chi connectivity index (χ2n) is 5.70. The standard InChI is InChI=1S/C20H24FNO3S/c1-24-18-10-4-15(14-19(18)25-2)5-11-20(23)22-12-3-13-26-17-8-6-16(21)7-9-17/h4,6-10,14H,3,5,11-13H2,1-2H3,(H,22,23). The highest BCUT2D eigenvalue weighted by Crippen LogP contribution is 2.27. The monoisotopic (exact) mass is 377 g/mol. The summed E-state index contributed by atoms with van der Waals surface area (Å²) in [5, 5.41) is 2.93. The van der Waals surface area contributed by atoms with E-state index >= 15 is 0 Å². The summed E-state index contributed by atoms with van der Waals surface area (Å²) in [6, 6.07) is 12.1. The van der Waals surface area contributed by atoms with Crippen molar-refractivity contribution in [2.45, 2.75) is 24.2 Å². The Hall–Kier alpha value is -2.21. The molecule has 4 nitrogen and oxygen atoms in total. The van der Waals surface area contributed by atoms with Gasteiger partial charge in [-0.25, -0.2) is 4.39 Å². The predicted octanol–water partition coefficient (Wildman–Crippen LogP) is 4.07. The normalized spacial score (nSPS) is 10.4. The molecule has 0 saturated carbocycles. The Bertz CT molecular complexity index is 707. The van der Waals surface area contributed by atoms with Crippen LogP contribution in [0.4, 0.5) is 4.39 Å². The smallest absolute Gasteiger partial charge is 0.220 e. The van der Waals surface area contributed by atoms with Gasteiger partial charge in [0.1, 0.15) is 5.82 Å². The quantitative estimate of drug-likeness (QED) is 0.501. The van der Waals surface area contributed by atoms with Crippen LogP contribution in [-0.4, -0.2) is 32.4 Å². The van der Waals surface area contributed by atoms with Gasteiger partial charge in [0.05, 0.1) is 14.2 Å². The fourth-order valence-electron chi connectivity index (χ4n) is 2.40. The van der Waals surface area contributed by atoms with Crippen LogP contribution >= 0.6 is 11.8 Å². The van der Waals surface area contributed by atoms with Crippen molar-refractivity contribution in [1.82, 2.24) is 5.32 Å². The van der Waals surface area contributed by atoms with Crippen LogP contribution < -0.4 is 14.8 Å². The van der Waals surface area contributed by atoms with Crippen LogP contribution in [0.2, 0.25) is 0 Å². The zero-order chi connectivity index (χ0) is 18.8. The van der Waals surface area contributed by atoms with E-state index in [9.17, 15) is 9.18 Å². The molecule has 1 N–H and O–H groups in total. The van der Waals surface area contributed by atoms with Crippen molar-refractivity contribution >= 4 is 17.7 Å². The number of aryl methyl sites for hydroxylation is 1. The topological polar surface area (TPSA) is 47.6 Å². The molecule has 0 aliphatic carbocycles. The van der Waals surface area contributed by atoms with Crippen molar-refractivity contribution in [2.75, 3.05) is 26.5 Å². The number of hydrogen-bond donors (Lipinski definition) is 1. The van der Waals surface area contributed by atoms with Gasteiger partial charge in [0.2, 0.25) is 5.91 Å². The molecule has 1 amide bonds. The van der Waals surface area contributed by atoms with Gasteiger partial charge in [-0.2, -0.15) is 0 Å². The average Bonchev–Trinajstić information content (AvgIpc) is 2.67. The van der Waals surface area contributed by atoms with Gasteiger partial charge in [0.25, 0.3) is 0 Å². The lowest BCUT2D eigenvalue weighted by Gasteiger charge is -2.10. The van der Waals surface area contributed by atoms with Crippen LogP contribution in [-0.2, 0) is 11.2 Å². The second-order valence-corrected chi connectivity index (χ2v) is 6.86. The molecule has 0 bridgehead atoms. The summed E-state index contributed by atoms with van der Waals surface area (Å²) in [5.74, 6) is 2.03. The first-order valence-electron chi connectivity index (χ1n) is 8.48. The van der Waals surface area contributed by atoms with Crippen molar-refractivity contribution in [3.05, 3.63) is 53.8 Å². The summed E-state index contributed by atoms with van der Waals surface area (Å²) in [5.41, 5.74) is 1.03. The largest absolute Gasteiger partial charge is 0.493 e. The third kappa shape index (κ3) is 6.59. The van der Waals surface area contributed by atoms with E-state index in [1.165, 1.54) is 12.1 Å². The van der Waals surface area contributed by atoms with Crippen LogP contribution in [0.5, 0.6) is 11.5 Å². The molecule has 0 radical (unpaired) electrons. The van der Waals surface area contributed by atoms with E-state index in [2.05, 4.69) is 5.32 Å². The maximum absolute atomic E-state index is 12.8. The fraction of sp³-hybridized carbons (Fsp3) is 0.350. The lowest BCUT2D eigenvalue weighted by molar-refractivity contribution is -0.121. The molecule has 0 heterocycles. The molecule has 6 heteroatoms. The maximum Gasteiger partial charge on any atom is 0.220 e. The van der Waals surface area contributed by atoms with Gasteiger partial charge in [-0.3, -0.25) is 4.79 Å². The minimum atomic E-state index is -0.226. The van der Waals surface area contributed by atoms with Gasteiger partial charge in [-0.05, 0) is 60.6 Å². The molecule has 0 aromatic heterocycles. The molecule has 0 unspecified atom stereocenters. The van der Waals surface area contributed by atoms with Gasteiger partial charge < -0.3 is 14.8 Å². The van der Waals surface area contributed by atoms with Crippen LogP contribution in [0.1, 0.15) is 18.4 Å². The van der Waals surface area contributed by atoms with E-state index in [-0.39, 0.29) is 11.7 Å². The Kier molecular flexibility index (Phi) is 8.28. The fourth-order valence-corrected chi connectivity index (χ4v) is 3.26. The minimum Gasteiger partial charge on any atom is -0.493 e. The number of rotatable bonds is 10. The van der Waals surface area contributed by atoms with Crippen LogP contribution in [0.15, 0.2) is 47.4 Å². The Balaban J connectivity index is 1.63. The molecular formula is C20H24FNO3S. The summed E-state index contributed by atoms with van der Waals surface area (Å²) < 4.78 is 23.3. The van der Waals surface area contributed by atoms with Gasteiger partial charge >= 0.3 is 0 Å². The average molecular weight is 377 g/mol. The van der Waals surface area contributed by atoms with Crippen molar-refractivity contribution in [3.8, 4) is 11.5 Å². The zero-order valence-electron chi connectivity index (χ0n) is 15.1. The lowest BCUT2D eigenvalue weighted by Crippen LogP contribution is -2.24. The zero-order valence-corrected chi connectivity index (χ0v) is 15.9. The number of hydrogen-bond acceptors (Lipinski definition) is 4. The second kappa shape index (κ2) is 10.7. The molecule has 2 aromatic carbocycles. The first kappa shape index (κ1) is 20.1. The molecule has 0 atom stereocenters. The Morgan fingerprint density at radius 3 is 2.50 bits per heavy atom. The van der Waals surface area contributed by atoms with Gasteiger partial charge in [0, 0.05) is 17.9 Å². The van der Waals surface area contributed by atoms with Gasteiger partial charge in [0.15, 0.2) is 11.5 Å². The Labute approximate surface area is 158 Å². The number of thioether (sulfide) groups is 1. The highest BCUT2D eigenvalue weighted by Gasteiger charge is 2.07. The number of nitrogens with one attached hydrogen (secondary N) is 1. The highest BCUT2D eigenvalue weighted by atomic mass is 32.2. The predicted molar refractivity (Wildman–Crippen MR) is 103 cm³/mol. The van der Waals surface area contributed by atoms with Crippen molar-refractivity contribution in [1.29, 1.82) is 0 Å². The molecular weight excluding hydrogens is 353 g/mol. The first-order valence-corrected chi connectivity index (χ1v) is 9.47. The SMILES string of the molecule is COc1ccc(CCC(=O)NCCCSc2ccc(F)cc2)cc1OC. The summed E-state index contributed by atoms with van der Waals surface area (Å²) >= 11 is 1.65. The van der Waals surface area contributed by atoms with E-state index in [0.717, 1.165) is 22.6 Å². The number of amides is 1. The highest BCUT2D eigenvalue weighted by molar-refractivity contribution is 7.99. The molecule has 26 heavy (non-hydrogen) atoms. The first-order chi connectivity index (χ1) is 12.6. The summed E-state index contributed by atoms with van der Waals surface area (Å²) in [7, 11) is 3.19. The van der Waals surface area contributed by atoms with Crippen molar-refractivity contribution in [2.24, 2.45) is 0 Å². The van der Waals surface area contributed by atoms with Crippen molar-refractivity contribution < 1.29 is 18.7 Å². The van der Waals surface area contributed by atoms with Crippen LogP contribution in [0, 0.1) is 5.82 Å². The van der Waals surface area contributed by atoms with Crippen molar-refractivity contribution in [3.63, 3.8) is 0 Å². The van der Waals surface area contributed by atoms with Gasteiger partial charge in [-0.1, -0.05) is 6.07 Å². The van der Waals surface area contributed by atoms with E-state index in [0.29, 0.717) is 30.9 Å². The Morgan fingerprint density at radius 1 is 1.08 bits per heavy atom. The summed E-state index contributed by atoms with van der Waals surface area (Å²) in [6.07, 6.45) is 1.95. The molecule has 0 fully saturated rings. The lowest BCUT2D eigenvalue weighted by atomic mass is 10.1. The van der Waals surface area contributed by atoms with E-state index in [1.807, 2.05) is 18.2 Å². The number of benzene rings is 2. The Morgan fingerprint density at radius 2 is 1.81 bits per heavy atom.